The topological polar surface area (TPSA) is 88.2 Å². The summed E-state index contributed by atoms with van der Waals surface area (Å²) in [5, 5.41) is 3.63. The molecule has 134 valence electrons. The molecule has 0 unspecified atom stereocenters. The molecule has 2 N–H and O–H groups in total. The standard InChI is InChI=1S/C19H19N3O3S/c1-13-10-17(16-8-3-4-9-18(16)22-13)19(23)21-12-14-6-5-7-15(11-14)26(24,25)20-2/h3-11,20H,12H2,1-2H3,(H,21,23). The number of carbonyl (C=O) groups is 1. The zero-order valence-electron chi connectivity index (χ0n) is 14.5. The predicted molar refractivity (Wildman–Crippen MR) is 100 cm³/mol. The average Bonchev–Trinajstić information content (AvgIpc) is 2.65. The van der Waals surface area contributed by atoms with Gasteiger partial charge in [-0.2, -0.15) is 0 Å². The van der Waals surface area contributed by atoms with Gasteiger partial charge in [0.05, 0.1) is 16.0 Å². The van der Waals surface area contributed by atoms with E-state index in [1.54, 1.807) is 24.3 Å². The van der Waals surface area contributed by atoms with Crippen LogP contribution in [0.4, 0.5) is 0 Å². The third-order valence-corrected chi connectivity index (χ3v) is 5.43. The van der Waals surface area contributed by atoms with Gasteiger partial charge in [-0.3, -0.25) is 9.78 Å². The molecular formula is C19H19N3O3S. The van der Waals surface area contributed by atoms with Crippen LogP contribution in [0.5, 0.6) is 0 Å². The molecule has 0 spiro atoms. The number of benzene rings is 2. The molecule has 0 atom stereocenters. The van der Waals surface area contributed by atoms with Crippen LogP contribution in [-0.2, 0) is 16.6 Å². The number of carbonyl (C=O) groups excluding carboxylic acids is 1. The van der Waals surface area contributed by atoms with Crippen molar-refractivity contribution in [1.29, 1.82) is 0 Å². The normalized spacial score (nSPS) is 11.5. The Morgan fingerprint density at radius 3 is 2.62 bits per heavy atom. The Morgan fingerprint density at radius 2 is 1.85 bits per heavy atom. The Kier molecular flexibility index (Phi) is 5.01. The molecule has 0 saturated carbocycles. The Morgan fingerprint density at radius 1 is 1.08 bits per heavy atom. The van der Waals surface area contributed by atoms with E-state index in [-0.39, 0.29) is 17.3 Å². The van der Waals surface area contributed by atoms with Gasteiger partial charge in [0, 0.05) is 17.6 Å². The van der Waals surface area contributed by atoms with Crippen LogP contribution in [0.2, 0.25) is 0 Å². The fourth-order valence-corrected chi connectivity index (χ4v) is 3.51. The summed E-state index contributed by atoms with van der Waals surface area (Å²) in [7, 11) is -2.16. The quantitative estimate of drug-likeness (QED) is 0.723. The summed E-state index contributed by atoms with van der Waals surface area (Å²) in [6, 6.07) is 15.7. The first kappa shape index (κ1) is 18.0. The van der Waals surface area contributed by atoms with E-state index in [0.717, 1.165) is 16.6 Å². The van der Waals surface area contributed by atoms with Gasteiger partial charge in [0.1, 0.15) is 0 Å². The summed E-state index contributed by atoms with van der Waals surface area (Å²) in [6.07, 6.45) is 0. The van der Waals surface area contributed by atoms with Gasteiger partial charge in [0.2, 0.25) is 10.0 Å². The van der Waals surface area contributed by atoms with Crippen molar-refractivity contribution < 1.29 is 13.2 Å². The van der Waals surface area contributed by atoms with Crippen LogP contribution in [0.15, 0.2) is 59.5 Å². The lowest BCUT2D eigenvalue weighted by Gasteiger charge is -2.10. The lowest BCUT2D eigenvalue weighted by Crippen LogP contribution is -2.24. The largest absolute Gasteiger partial charge is 0.348 e. The first-order valence-corrected chi connectivity index (χ1v) is 9.56. The molecule has 1 amide bonds. The van der Waals surface area contributed by atoms with E-state index < -0.39 is 10.0 Å². The molecule has 3 aromatic rings. The fourth-order valence-electron chi connectivity index (χ4n) is 2.71. The Bertz CT molecular complexity index is 1080. The highest BCUT2D eigenvalue weighted by molar-refractivity contribution is 7.89. The van der Waals surface area contributed by atoms with E-state index in [9.17, 15) is 13.2 Å². The first-order valence-electron chi connectivity index (χ1n) is 8.08. The number of para-hydroxylation sites is 1. The molecule has 0 aliphatic carbocycles. The summed E-state index contributed by atoms with van der Waals surface area (Å²) in [5.74, 6) is -0.228. The Hall–Kier alpha value is -2.77. The molecule has 0 aliphatic rings. The maximum absolute atomic E-state index is 12.7. The molecule has 1 heterocycles. The third kappa shape index (κ3) is 3.74. The lowest BCUT2D eigenvalue weighted by atomic mass is 10.1. The van der Waals surface area contributed by atoms with Crippen molar-refractivity contribution in [2.24, 2.45) is 0 Å². The highest BCUT2D eigenvalue weighted by atomic mass is 32.2. The van der Waals surface area contributed by atoms with Gasteiger partial charge in [-0.25, -0.2) is 13.1 Å². The number of pyridine rings is 1. The van der Waals surface area contributed by atoms with Gasteiger partial charge >= 0.3 is 0 Å². The van der Waals surface area contributed by atoms with Crippen LogP contribution in [0, 0.1) is 6.92 Å². The zero-order valence-corrected chi connectivity index (χ0v) is 15.3. The molecule has 7 heteroatoms. The molecule has 0 radical (unpaired) electrons. The molecule has 1 aromatic heterocycles. The highest BCUT2D eigenvalue weighted by Crippen LogP contribution is 2.18. The summed E-state index contributed by atoms with van der Waals surface area (Å²) >= 11 is 0. The predicted octanol–water partition coefficient (Wildman–Crippen LogP) is 2.38. The molecule has 0 saturated heterocycles. The summed E-state index contributed by atoms with van der Waals surface area (Å²) in [5.41, 5.74) is 2.77. The number of fused-ring (bicyclic) bond motifs is 1. The minimum absolute atomic E-state index is 0.164. The lowest BCUT2D eigenvalue weighted by molar-refractivity contribution is 0.0952. The monoisotopic (exact) mass is 369 g/mol. The smallest absolute Gasteiger partial charge is 0.252 e. The van der Waals surface area contributed by atoms with Crippen LogP contribution in [0.1, 0.15) is 21.6 Å². The van der Waals surface area contributed by atoms with Crippen LogP contribution in [-0.4, -0.2) is 26.4 Å². The molecule has 0 aliphatic heterocycles. The van der Waals surface area contributed by atoms with Crippen molar-refractivity contribution in [1.82, 2.24) is 15.0 Å². The van der Waals surface area contributed by atoms with E-state index >= 15 is 0 Å². The molecule has 3 rings (SSSR count). The van der Waals surface area contributed by atoms with Crippen LogP contribution < -0.4 is 10.0 Å². The zero-order chi connectivity index (χ0) is 18.7. The number of hydrogen-bond acceptors (Lipinski definition) is 4. The minimum Gasteiger partial charge on any atom is -0.348 e. The maximum Gasteiger partial charge on any atom is 0.252 e. The second-order valence-electron chi connectivity index (χ2n) is 5.87. The SMILES string of the molecule is CNS(=O)(=O)c1cccc(CNC(=O)c2cc(C)nc3ccccc23)c1. The summed E-state index contributed by atoms with van der Waals surface area (Å²) in [4.78, 5) is 17.2. The van der Waals surface area contributed by atoms with Crippen molar-refractivity contribution >= 4 is 26.8 Å². The van der Waals surface area contributed by atoms with Crippen LogP contribution >= 0.6 is 0 Å². The van der Waals surface area contributed by atoms with Gasteiger partial charge in [-0.1, -0.05) is 30.3 Å². The van der Waals surface area contributed by atoms with Crippen molar-refractivity contribution in [3.63, 3.8) is 0 Å². The number of amides is 1. The van der Waals surface area contributed by atoms with E-state index in [1.165, 1.54) is 13.1 Å². The summed E-state index contributed by atoms with van der Waals surface area (Å²) in [6.45, 7) is 2.07. The number of rotatable bonds is 5. The van der Waals surface area contributed by atoms with Crippen LogP contribution in [0.25, 0.3) is 10.9 Å². The van der Waals surface area contributed by atoms with Gasteiger partial charge in [-0.05, 0) is 43.8 Å². The molecule has 0 fully saturated rings. The number of nitrogens with zero attached hydrogens (tertiary/aromatic N) is 1. The minimum atomic E-state index is -3.52. The molecule has 26 heavy (non-hydrogen) atoms. The van der Waals surface area contributed by atoms with Crippen molar-refractivity contribution in [3.8, 4) is 0 Å². The number of nitrogens with one attached hydrogen (secondary N) is 2. The second-order valence-corrected chi connectivity index (χ2v) is 7.75. The third-order valence-electron chi connectivity index (χ3n) is 4.02. The van der Waals surface area contributed by atoms with Crippen LogP contribution in [0.3, 0.4) is 0 Å². The average molecular weight is 369 g/mol. The molecular weight excluding hydrogens is 350 g/mol. The van der Waals surface area contributed by atoms with Crippen molar-refractivity contribution in [2.45, 2.75) is 18.4 Å². The van der Waals surface area contributed by atoms with E-state index in [2.05, 4.69) is 15.0 Å². The number of hydrogen-bond donors (Lipinski definition) is 2. The van der Waals surface area contributed by atoms with Crippen molar-refractivity contribution in [2.75, 3.05) is 7.05 Å². The summed E-state index contributed by atoms with van der Waals surface area (Å²) < 4.78 is 26.1. The van der Waals surface area contributed by atoms with Gasteiger partial charge in [-0.15, -0.1) is 0 Å². The van der Waals surface area contributed by atoms with Crippen molar-refractivity contribution in [3.05, 3.63) is 71.4 Å². The fraction of sp³-hybridized carbons (Fsp3) is 0.158. The van der Waals surface area contributed by atoms with Gasteiger partial charge in [0.15, 0.2) is 0 Å². The Labute approximate surface area is 152 Å². The number of aromatic nitrogens is 1. The molecule has 2 aromatic carbocycles. The number of aryl methyl sites for hydroxylation is 1. The highest BCUT2D eigenvalue weighted by Gasteiger charge is 2.14. The van der Waals surface area contributed by atoms with E-state index in [1.807, 2.05) is 31.2 Å². The molecule has 0 bridgehead atoms. The molecule has 6 nitrogen and oxygen atoms in total. The van der Waals surface area contributed by atoms with E-state index in [4.69, 9.17) is 0 Å². The second kappa shape index (κ2) is 7.23. The van der Waals surface area contributed by atoms with Gasteiger partial charge < -0.3 is 5.32 Å². The Balaban J connectivity index is 1.83. The maximum atomic E-state index is 12.7. The first-order chi connectivity index (χ1) is 12.4. The van der Waals surface area contributed by atoms with Gasteiger partial charge in [0.25, 0.3) is 5.91 Å². The number of sulfonamides is 1. The van der Waals surface area contributed by atoms with E-state index in [0.29, 0.717) is 11.1 Å².